The van der Waals surface area contributed by atoms with Crippen LogP contribution in [0.5, 0.6) is 0 Å². The van der Waals surface area contributed by atoms with E-state index in [-0.39, 0.29) is 0 Å². The van der Waals surface area contributed by atoms with Gasteiger partial charge in [0.2, 0.25) is 0 Å². The number of aryl methyl sites for hydroxylation is 2. The van der Waals surface area contributed by atoms with E-state index in [9.17, 15) is 0 Å². The minimum atomic E-state index is 0.299. The number of hydrogen-bond donors (Lipinski definition) is 0. The molecule has 1 fully saturated rings. The molecule has 21 heavy (non-hydrogen) atoms. The molecule has 0 spiro atoms. The minimum absolute atomic E-state index is 0.299. The maximum atomic E-state index is 5.44. The highest BCUT2D eigenvalue weighted by molar-refractivity contribution is 5.39. The van der Waals surface area contributed by atoms with Crippen LogP contribution >= 0.6 is 0 Å². The predicted molar refractivity (Wildman–Crippen MR) is 79.7 cm³/mol. The Hall–Kier alpha value is -1.72. The molecular formula is C16H21N3O2. The summed E-state index contributed by atoms with van der Waals surface area (Å²) >= 11 is 0. The van der Waals surface area contributed by atoms with E-state index < -0.39 is 0 Å². The summed E-state index contributed by atoms with van der Waals surface area (Å²) < 4.78 is 12.6. The zero-order chi connectivity index (χ0) is 14.8. The van der Waals surface area contributed by atoms with Gasteiger partial charge in [-0.15, -0.1) is 0 Å². The zero-order valence-electron chi connectivity index (χ0n) is 12.8. The van der Waals surface area contributed by atoms with Gasteiger partial charge in [-0.1, -0.05) is 6.07 Å². The van der Waals surface area contributed by atoms with Gasteiger partial charge in [0, 0.05) is 19.6 Å². The Morgan fingerprint density at radius 2 is 2.05 bits per heavy atom. The predicted octanol–water partition coefficient (Wildman–Crippen LogP) is 2.53. The fourth-order valence-electron chi connectivity index (χ4n) is 2.78. The molecule has 0 unspecified atom stereocenters. The maximum Gasteiger partial charge on any atom is 0.158 e. The highest BCUT2D eigenvalue weighted by Crippen LogP contribution is 2.24. The van der Waals surface area contributed by atoms with Crippen molar-refractivity contribution in [3.05, 3.63) is 41.0 Å². The number of benzene rings is 1. The van der Waals surface area contributed by atoms with Crippen LogP contribution in [-0.4, -0.2) is 35.1 Å². The van der Waals surface area contributed by atoms with Crippen LogP contribution in [-0.2, 0) is 16.1 Å². The molecule has 0 saturated carbocycles. The number of rotatable bonds is 4. The summed E-state index contributed by atoms with van der Waals surface area (Å²) in [5, 5.41) is 4.71. The van der Waals surface area contributed by atoms with E-state index in [1.807, 2.05) is 4.68 Å². The van der Waals surface area contributed by atoms with Crippen molar-refractivity contribution in [3.8, 4) is 5.69 Å². The lowest BCUT2D eigenvalue weighted by Gasteiger charge is -2.07. The van der Waals surface area contributed by atoms with Crippen molar-refractivity contribution in [2.24, 2.45) is 0 Å². The smallest absolute Gasteiger partial charge is 0.158 e. The molecular weight excluding hydrogens is 266 g/mol. The van der Waals surface area contributed by atoms with E-state index in [4.69, 9.17) is 14.6 Å². The van der Waals surface area contributed by atoms with Crippen molar-refractivity contribution in [2.45, 2.75) is 32.8 Å². The van der Waals surface area contributed by atoms with Crippen molar-refractivity contribution < 1.29 is 9.47 Å². The van der Waals surface area contributed by atoms with Gasteiger partial charge in [-0.3, -0.25) is 0 Å². The topological polar surface area (TPSA) is 49.2 Å². The Kier molecular flexibility index (Phi) is 4.03. The summed E-state index contributed by atoms with van der Waals surface area (Å²) in [4.78, 5) is 4.66. The van der Waals surface area contributed by atoms with Gasteiger partial charge in [0.05, 0.1) is 12.3 Å². The van der Waals surface area contributed by atoms with Crippen molar-refractivity contribution in [1.29, 1.82) is 0 Å². The van der Waals surface area contributed by atoms with Crippen LogP contribution in [0.25, 0.3) is 5.69 Å². The zero-order valence-corrected chi connectivity index (χ0v) is 12.8. The third-order valence-electron chi connectivity index (χ3n) is 3.71. The van der Waals surface area contributed by atoms with E-state index in [1.54, 1.807) is 7.11 Å². The first-order valence-corrected chi connectivity index (χ1v) is 7.28. The van der Waals surface area contributed by atoms with Gasteiger partial charge in [0.25, 0.3) is 0 Å². The molecule has 112 valence electrons. The van der Waals surface area contributed by atoms with Gasteiger partial charge < -0.3 is 9.47 Å². The highest BCUT2D eigenvalue weighted by Gasteiger charge is 2.24. The number of methoxy groups -OCH3 is 1. The third kappa shape index (κ3) is 2.99. The molecule has 1 aliphatic rings. The molecule has 1 saturated heterocycles. The maximum absolute atomic E-state index is 5.44. The number of nitrogens with zero attached hydrogens (tertiary/aromatic N) is 3. The summed E-state index contributed by atoms with van der Waals surface area (Å²) in [5.74, 6) is 2.00. The molecule has 2 aromatic rings. The SMILES string of the molecule is COCc1nc([C@@H]2CCOC2)nn1-c1cc(C)cc(C)c1. The summed E-state index contributed by atoms with van der Waals surface area (Å²) in [7, 11) is 1.68. The largest absolute Gasteiger partial charge is 0.381 e. The first-order valence-electron chi connectivity index (χ1n) is 7.28. The summed E-state index contributed by atoms with van der Waals surface area (Å²) in [6, 6.07) is 6.40. The van der Waals surface area contributed by atoms with Gasteiger partial charge in [0.15, 0.2) is 11.6 Å². The van der Waals surface area contributed by atoms with Crippen molar-refractivity contribution in [3.63, 3.8) is 0 Å². The van der Waals surface area contributed by atoms with Crippen LogP contribution in [0, 0.1) is 13.8 Å². The molecule has 3 rings (SSSR count). The number of hydrogen-bond acceptors (Lipinski definition) is 4. The Balaban J connectivity index is 2.02. The first-order chi connectivity index (χ1) is 10.2. The van der Waals surface area contributed by atoms with Gasteiger partial charge >= 0.3 is 0 Å². The molecule has 5 nitrogen and oxygen atoms in total. The van der Waals surface area contributed by atoms with Crippen LogP contribution in [0.1, 0.15) is 35.1 Å². The van der Waals surface area contributed by atoms with Gasteiger partial charge in [-0.2, -0.15) is 5.10 Å². The molecule has 0 radical (unpaired) electrons. The van der Waals surface area contributed by atoms with E-state index in [2.05, 4.69) is 37.0 Å². The average Bonchev–Trinajstić information content (AvgIpc) is 3.06. The fourth-order valence-corrected chi connectivity index (χ4v) is 2.78. The lowest BCUT2D eigenvalue weighted by atomic mass is 10.1. The molecule has 1 aliphatic heterocycles. The fraction of sp³-hybridized carbons (Fsp3) is 0.500. The lowest BCUT2D eigenvalue weighted by molar-refractivity contribution is 0.175. The molecule has 5 heteroatoms. The van der Waals surface area contributed by atoms with Gasteiger partial charge in [0.1, 0.15) is 6.61 Å². The van der Waals surface area contributed by atoms with Crippen LogP contribution in [0.15, 0.2) is 18.2 Å². The third-order valence-corrected chi connectivity index (χ3v) is 3.71. The Labute approximate surface area is 124 Å². The molecule has 2 heterocycles. The van der Waals surface area contributed by atoms with Crippen molar-refractivity contribution >= 4 is 0 Å². The second-order valence-corrected chi connectivity index (χ2v) is 5.64. The monoisotopic (exact) mass is 287 g/mol. The van der Waals surface area contributed by atoms with Crippen LogP contribution < -0.4 is 0 Å². The Bertz CT molecular complexity index is 610. The Morgan fingerprint density at radius 3 is 2.67 bits per heavy atom. The second kappa shape index (κ2) is 5.95. The van der Waals surface area contributed by atoms with Crippen LogP contribution in [0.3, 0.4) is 0 Å². The molecule has 0 N–H and O–H groups in total. The summed E-state index contributed by atoms with van der Waals surface area (Å²) in [6.07, 6.45) is 0.989. The quantitative estimate of drug-likeness (QED) is 0.867. The lowest BCUT2D eigenvalue weighted by Crippen LogP contribution is -2.05. The van der Waals surface area contributed by atoms with Gasteiger partial charge in [-0.05, 0) is 43.5 Å². The molecule has 0 aliphatic carbocycles. The molecule has 1 atom stereocenters. The normalized spacial score (nSPS) is 18.3. The second-order valence-electron chi connectivity index (χ2n) is 5.64. The first kappa shape index (κ1) is 14.2. The molecule has 1 aromatic heterocycles. The van der Waals surface area contributed by atoms with E-state index in [1.165, 1.54) is 11.1 Å². The number of aromatic nitrogens is 3. The molecule has 0 amide bonds. The minimum Gasteiger partial charge on any atom is -0.381 e. The molecule has 0 bridgehead atoms. The highest BCUT2D eigenvalue weighted by atomic mass is 16.5. The Morgan fingerprint density at radius 1 is 1.29 bits per heavy atom. The average molecular weight is 287 g/mol. The standard InChI is InChI=1S/C16H21N3O2/c1-11-6-12(2)8-14(7-11)19-15(10-20-3)17-16(18-19)13-4-5-21-9-13/h6-8,13H,4-5,9-10H2,1-3H3/t13-/m1/s1. The van der Waals surface area contributed by atoms with Crippen molar-refractivity contribution in [1.82, 2.24) is 14.8 Å². The summed E-state index contributed by atoms with van der Waals surface area (Å²) in [6.45, 7) is 6.14. The van der Waals surface area contributed by atoms with E-state index in [0.29, 0.717) is 19.1 Å². The molecule has 1 aromatic carbocycles. The summed E-state index contributed by atoms with van der Waals surface area (Å²) in [5.41, 5.74) is 3.47. The van der Waals surface area contributed by atoms with E-state index >= 15 is 0 Å². The van der Waals surface area contributed by atoms with Crippen LogP contribution in [0.2, 0.25) is 0 Å². The number of ether oxygens (including phenoxy) is 2. The van der Waals surface area contributed by atoms with Crippen molar-refractivity contribution in [2.75, 3.05) is 20.3 Å². The van der Waals surface area contributed by atoms with E-state index in [0.717, 1.165) is 30.4 Å². The van der Waals surface area contributed by atoms with Gasteiger partial charge in [-0.25, -0.2) is 9.67 Å². The van der Waals surface area contributed by atoms with Crippen LogP contribution in [0.4, 0.5) is 0 Å².